The lowest BCUT2D eigenvalue weighted by molar-refractivity contribution is -0.116. The van der Waals surface area contributed by atoms with Gasteiger partial charge in [-0.25, -0.2) is 0 Å². The van der Waals surface area contributed by atoms with Gasteiger partial charge < -0.3 is 15.1 Å². The van der Waals surface area contributed by atoms with E-state index in [2.05, 4.69) is 29.3 Å². The zero-order chi connectivity index (χ0) is 19.0. The summed E-state index contributed by atoms with van der Waals surface area (Å²) >= 11 is 0. The summed E-state index contributed by atoms with van der Waals surface area (Å²) in [6.07, 6.45) is 1.34. The van der Waals surface area contributed by atoms with E-state index in [0.717, 1.165) is 49.4 Å². The number of hydrogen-bond donors (Lipinski definition) is 1. The number of rotatable bonds is 2. The molecule has 0 saturated carbocycles. The highest BCUT2D eigenvalue weighted by atomic mass is 16.2. The van der Waals surface area contributed by atoms with Crippen molar-refractivity contribution in [3.05, 3.63) is 58.7 Å². The van der Waals surface area contributed by atoms with E-state index >= 15 is 0 Å². The normalized spacial score (nSPS) is 16.7. The van der Waals surface area contributed by atoms with E-state index in [1.54, 1.807) is 0 Å². The van der Waals surface area contributed by atoms with Gasteiger partial charge >= 0.3 is 0 Å². The number of anilines is 2. The van der Waals surface area contributed by atoms with Gasteiger partial charge in [-0.05, 0) is 67.3 Å². The molecule has 0 atom stereocenters. The van der Waals surface area contributed by atoms with Gasteiger partial charge in [0.15, 0.2) is 0 Å². The van der Waals surface area contributed by atoms with Crippen LogP contribution in [0.4, 0.5) is 11.4 Å². The van der Waals surface area contributed by atoms with Crippen molar-refractivity contribution in [2.45, 2.75) is 26.7 Å². The van der Waals surface area contributed by atoms with Gasteiger partial charge in [-0.3, -0.25) is 9.59 Å². The molecule has 2 aliphatic heterocycles. The Morgan fingerprint density at radius 2 is 1.70 bits per heavy atom. The Morgan fingerprint density at radius 3 is 2.44 bits per heavy atom. The fraction of sp³-hybridized carbons (Fsp3) is 0.364. The lowest BCUT2D eigenvalue weighted by atomic mass is 10.0. The molecule has 140 valence electrons. The molecule has 1 fully saturated rings. The zero-order valence-electron chi connectivity index (χ0n) is 15.9. The highest BCUT2D eigenvalue weighted by molar-refractivity contribution is 5.95. The van der Waals surface area contributed by atoms with Crippen molar-refractivity contribution in [1.82, 2.24) is 4.90 Å². The highest BCUT2D eigenvalue weighted by Gasteiger charge is 2.23. The molecule has 0 aliphatic carbocycles. The first kappa shape index (κ1) is 17.6. The molecule has 2 aromatic rings. The summed E-state index contributed by atoms with van der Waals surface area (Å²) in [7, 11) is 0. The van der Waals surface area contributed by atoms with E-state index in [9.17, 15) is 9.59 Å². The van der Waals surface area contributed by atoms with Crippen molar-refractivity contribution in [1.29, 1.82) is 0 Å². The smallest absolute Gasteiger partial charge is 0.253 e. The Morgan fingerprint density at radius 1 is 0.926 bits per heavy atom. The summed E-state index contributed by atoms with van der Waals surface area (Å²) < 4.78 is 0. The third-order valence-electron chi connectivity index (χ3n) is 5.67. The van der Waals surface area contributed by atoms with E-state index in [4.69, 9.17) is 0 Å². The number of nitrogens with zero attached hydrogens (tertiary/aromatic N) is 2. The van der Waals surface area contributed by atoms with Gasteiger partial charge in [0.05, 0.1) is 0 Å². The SMILES string of the molecule is Cc1ccc(C(=O)N2CCN(c3ccc4c(c3)CCC(=O)N4)CC2)cc1C. The van der Waals surface area contributed by atoms with Crippen LogP contribution in [0, 0.1) is 13.8 Å². The minimum Gasteiger partial charge on any atom is -0.368 e. The molecular weight excluding hydrogens is 338 g/mol. The predicted molar refractivity (Wildman–Crippen MR) is 107 cm³/mol. The van der Waals surface area contributed by atoms with Gasteiger partial charge in [-0.2, -0.15) is 0 Å². The Balaban J connectivity index is 1.42. The maximum Gasteiger partial charge on any atom is 0.253 e. The van der Waals surface area contributed by atoms with Crippen molar-refractivity contribution in [2.75, 3.05) is 36.4 Å². The number of carbonyl (C=O) groups is 2. The summed E-state index contributed by atoms with van der Waals surface area (Å²) in [5.41, 5.74) is 6.43. The van der Waals surface area contributed by atoms with E-state index < -0.39 is 0 Å². The predicted octanol–water partition coefficient (Wildman–Crippen LogP) is 3.15. The molecule has 2 heterocycles. The molecule has 1 saturated heterocycles. The molecule has 4 rings (SSSR count). The lowest BCUT2D eigenvalue weighted by Crippen LogP contribution is -2.48. The van der Waals surface area contributed by atoms with Gasteiger partial charge in [0, 0.05) is 49.5 Å². The van der Waals surface area contributed by atoms with Gasteiger partial charge in [-0.1, -0.05) is 6.07 Å². The molecule has 0 bridgehead atoms. The number of nitrogens with one attached hydrogen (secondary N) is 1. The molecule has 0 radical (unpaired) electrons. The Labute approximate surface area is 160 Å². The zero-order valence-corrected chi connectivity index (χ0v) is 15.9. The fourth-order valence-corrected chi connectivity index (χ4v) is 3.79. The average molecular weight is 363 g/mol. The molecule has 2 amide bonds. The van der Waals surface area contributed by atoms with Crippen LogP contribution in [0.3, 0.4) is 0 Å². The average Bonchev–Trinajstić information content (AvgIpc) is 2.69. The first-order chi connectivity index (χ1) is 13.0. The van der Waals surface area contributed by atoms with E-state index in [1.165, 1.54) is 16.8 Å². The van der Waals surface area contributed by atoms with Crippen LogP contribution in [-0.2, 0) is 11.2 Å². The topological polar surface area (TPSA) is 52.7 Å². The van der Waals surface area contributed by atoms with Crippen LogP contribution in [0.5, 0.6) is 0 Å². The number of piperazine rings is 1. The third-order valence-corrected chi connectivity index (χ3v) is 5.67. The van der Waals surface area contributed by atoms with E-state index in [-0.39, 0.29) is 11.8 Å². The van der Waals surface area contributed by atoms with Crippen molar-refractivity contribution >= 4 is 23.2 Å². The molecule has 0 unspecified atom stereocenters. The second-order valence-electron chi connectivity index (χ2n) is 7.47. The number of hydrogen-bond acceptors (Lipinski definition) is 3. The van der Waals surface area contributed by atoms with Crippen LogP contribution in [0.2, 0.25) is 0 Å². The van der Waals surface area contributed by atoms with Crippen molar-refractivity contribution in [3.8, 4) is 0 Å². The first-order valence-corrected chi connectivity index (χ1v) is 9.55. The summed E-state index contributed by atoms with van der Waals surface area (Å²) in [4.78, 5) is 28.6. The number of fused-ring (bicyclic) bond motifs is 1. The summed E-state index contributed by atoms with van der Waals surface area (Å²) in [6.45, 7) is 7.19. The summed E-state index contributed by atoms with van der Waals surface area (Å²) in [5, 5.41) is 2.93. The van der Waals surface area contributed by atoms with Gasteiger partial charge in [0.2, 0.25) is 5.91 Å². The molecule has 0 spiro atoms. The highest BCUT2D eigenvalue weighted by Crippen LogP contribution is 2.28. The van der Waals surface area contributed by atoms with Crippen LogP contribution in [-0.4, -0.2) is 42.9 Å². The summed E-state index contributed by atoms with van der Waals surface area (Å²) in [5.74, 6) is 0.208. The lowest BCUT2D eigenvalue weighted by Gasteiger charge is -2.36. The first-order valence-electron chi connectivity index (χ1n) is 9.55. The Hall–Kier alpha value is -2.82. The van der Waals surface area contributed by atoms with Crippen LogP contribution < -0.4 is 10.2 Å². The maximum absolute atomic E-state index is 12.8. The molecule has 2 aromatic carbocycles. The van der Waals surface area contributed by atoms with Crippen LogP contribution >= 0.6 is 0 Å². The number of benzene rings is 2. The molecule has 5 heteroatoms. The maximum atomic E-state index is 12.8. The van der Waals surface area contributed by atoms with Crippen molar-refractivity contribution in [3.63, 3.8) is 0 Å². The Kier molecular flexibility index (Phi) is 4.60. The molecule has 5 nitrogen and oxygen atoms in total. The number of amides is 2. The molecule has 1 N–H and O–H groups in total. The van der Waals surface area contributed by atoms with Gasteiger partial charge in [-0.15, -0.1) is 0 Å². The minimum absolute atomic E-state index is 0.0914. The van der Waals surface area contributed by atoms with Crippen molar-refractivity contribution in [2.24, 2.45) is 0 Å². The van der Waals surface area contributed by atoms with E-state index in [1.807, 2.05) is 36.1 Å². The van der Waals surface area contributed by atoms with Gasteiger partial charge in [0.1, 0.15) is 0 Å². The Bertz CT molecular complexity index is 898. The van der Waals surface area contributed by atoms with E-state index in [0.29, 0.717) is 6.42 Å². The largest absolute Gasteiger partial charge is 0.368 e. The number of carbonyl (C=O) groups excluding carboxylic acids is 2. The molecule has 2 aliphatic rings. The standard InChI is InChI=1S/C22H25N3O2/c1-15-3-4-18(13-16(15)2)22(27)25-11-9-24(10-12-25)19-6-7-20-17(14-19)5-8-21(26)23-20/h3-4,6-7,13-14H,5,8-12H2,1-2H3,(H,23,26). The molecule has 0 aromatic heterocycles. The minimum atomic E-state index is 0.0914. The van der Waals surface area contributed by atoms with Crippen LogP contribution in [0.15, 0.2) is 36.4 Å². The molecule has 27 heavy (non-hydrogen) atoms. The number of aryl methyl sites for hydroxylation is 3. The fourth-order valence-electron chi connectivity index (χ4n) is 3.79. The second kappa shape index (κ2) is 7.06. The molecular formula is C22H25N3O2. The van der Waals surface area contributed by atoms with Crippen LogP contribution in [0.25, 0.3) is 0 Å². The second-order valence-corrected chi connectivity index (χ2v) is 7.47. The van der Waals surface area contributed by atoms with Crippen LogP contribution in [0.1, 0.15) is 33.5 Å². The van der Waals surface area contributed by atoms with Gasteiger partial charge in [0.25, 0.3) is 5.91 Å². The summed E-state index contributed by atoms with van der Waals surface area (Å²) in [6, 6.07) is 12.2. The monoisotopic (exact) mass is 363 g/mol. The quantitative estimate of drug-likeness (QED) is 0.892. The third kappa shape index (κ3) is 3.54. The van der Waals surface area contributed by atoms with Crippen molar-refractivity contribution < 1.29 is 9.59 Å².